The summed E-state index contributed by atoms with van der Waals surface area (Å²) >= 11 is 6.01. The number of nitrogens with one attached hydrogen (secondary N) is 2. The van der Waals surface area contributed by atoms with Gasteiger partial charge in [0.2, 0.25) is 11.8 Å². The number of alkyl halides is 3. The van der Waals surface area contributed by atoms with Crippen LogP contribution in [0.15, 0.2) is 12.3 Å². The second-order valence-electron chi connectivity index (χ2n) is 8.27. The minimum absolute atomic E-state index is 0.0605. The van der Waals surface area contributed by atoms with E-state index in [1.165, 1.54) is 7.05 Å². The number of anilines is 1. The number of likely N-dealkylation sites (N-methyl/N-ethyl adjacent to an activating group) is 1. The Bertz CT molecular complexity index is 774. The number of nitrogens with zero attached hydrogens (tertiary/aromatic N) is 3. The third-order valence-electron chi connectivity index (χ3n) is 4.87. The number of hydrogen-bond acceptors (Lipinski definition) is 5. The normalized spacial score (nSPS) is 16.9. The van der Waals surface area contributed by atoms with Crippen molar-refractivity contribution in [2.75, 3.05) is 44.7 Å². The van der Waals surface area contributed by atoms with Gasteiger partial charge in [-0.1, -0.05) is 32.4 Å². The zero-order valence-corrected chi connectivity index (χ0v) is 18.2. The van der Waals surface area contributed by atoms with Crippen molar-refractivity contribution in [1.82, 2.24) is 20.5 Å². The molecule has 0 aliphatic carbocycles. The molecule has 1 aliphatic heterocycles. The second-order valence-corrected chi connectivity index (χ2v) is 8.68. The van der Waals surface area contributed by atoms with Crippen LogP contribution in [0.3, 0.4) is 0 Å². The summed E-state index contributed by atoms with van der Waals surface area (Å²) < 4.78 is 38.3. The van der Waals surface area contributed by atoms with Crippen LogP contribution < -0.4 is 15.5 Å². The summed E-state index contributed by atoms with van der Waals surface area (Å²) in [5.74, 6) is -0.234. The molecule has 168 valence electrons. The third-order valence-corrected chi connectivity index (χ3v) is 5.15. The number of carbonyl (C=O) groups is 2. The molecule has 7 nitrogen and oxygen atoms in total. The SMILES string of the molecule is CNC(=O)[C@@H](NC(=O)CN1CCN(c2ncc(C(F)(F)F)cc2Cl)CC1)C(C)(C)C. The predicted octanol–water partition coefficient (Wildman–Crippen LogP) is 2.15. The lowest BCUT2D eigenvalue weighted by atomic mass is 9.86. The number of amides is 2. The maximum Gasteiger partial charge on any atom is 0.417 e. The predicted molar refractivity (Wildman–Crippen MR) is 108 cm³/mol. The van der Waals surface area contributed by atoms with Crippen molar-refractivity contribution < 1.29 is 22.8 Å². The number of piperazine rings is 1. The number of aromatic nitrogens is 1. The Hall–Kier alpha value is -2.07. The zero-order valence-electron chi connectivity index (χ0n) is 17.4. The zero-order chi connectivity index (χ0) is 22.7. The van der Waals surface area contributed by atoms with Gasteiger partial charge in [0.1, 0.15) is 11.9 Å². The summed E-state index contributed by atoms with van der Waals surface area (Å²) in [6, 6.07) is 0.209. The van der Waals surface area contributed by atoms with E-state index >= 15 is 0 Å². The van der Waals surface area contributed by atoms with Gasteiger partial charge in [-0.2, -0.15) is 13.2 Å². The van der Waals surface area contributed by atoms with Crippen molar-refractivity contribution in [1.29, 1.82) is 0 Å². The summed E-state index contributed by atoms with van der Waals surface area (Å²) in [4.78, 5) is 32.1. The number of pyridine rings is 1. The molecule has 1 atom stereocenters. The van der Waals surface area contributed by atoms with Gasteiger partial charge >= 0.3 is 6.18 Å². The van der Waals surface area contributed by atoms with Gasteiger partial charge in [-0.3, -0.25) is 14.5 Å². The van der Waals surface area contributed by atoms with Crippen LogP contribution in [-0.2, 0) is 15.8 Å². The van der Waals surface area contributed by atoms with E-state index in [1.54, 1.807) is 4.90 Å². The van der Waals surface area contributed by atoms with Gasteiger partial charge in [0.15, 0.2) is 0 Å². The fourth-order valence-electron chi connectivity index (χ4n) is 3.17. The van der Waals surface area contributed by atoms with Crippen molar-refractivity contribution in [3.05, 3.63) is 22.8 Å². The second kappa shape index (κ2) is 9.38. The summed E-state index contributed by atoms with van der Waals surface area (Å²) in [6.45, 7) is 7.66. The fraction of sp³-hybridized carbons (Fsp3) is 0.632. The molecular formula is C19H27ClF3N5O2. The lowest BCUT2D eigenvalue weighted by molar-refractivity contribution is -0.137. The number of halogens is 4. The van der Waals surface area contributed by atoms with E-state index in [9.17, 15) is 22.8 Å². The Morgan fingerprint density at radius 1 is 1.20 bits per heavy atom. The van der Waals surface area contributed by atoms with Crippen LogP contribution in [0.5, 0.6) is 0 Å². The average Bonchev–Trinajstić information content (AvgIpc) is 2.64. The van der Waals surface area contributed by atoms with Crippen LogP contribution in [0.1, 0.15) is 26.3 Å². The van der Waals surface area contributed by atoms with Gasteiger partial charge in [-0.25, -0.2) is 4.98 Å². The largest absolute Gasteiger partial charge is 0.417 e. The summed E-state index contributed by atoms with van der Waals surface area (Å²) in [5, 5.41) is 5.28. The first kappa shape index (κ1) is 24.2. The molecule has 2 amide bonds. The summed E-state index contributed by atoms with van der Waals surface area (Å²) in [7, 11) is 1.52. The van der Waals surface area contributed by atoms with E-state index < -0.39 is 23.2 Å². The van der Waals surface area contributed by atoms with Crippen LogP contribution in [0.2, 0.25) is 5.02 Å². The van der Waals surface area contributed by atoms with Crippen LogP contribution in [-0.4, -0.2) is 67.5 Å². The fourth-order valence-corrected chi connectivity index (χ4v) is 3.45. The van der Waals surface area contributed by atoms with E-state index in [-0.39, 0.29) is 23.4 Å². The molecule has 1 saturated heterocycles. The Morgan fingerprint density at radius 2 is 1.80 bits per heavy atom. The molecule has 0 saturated carbocycles. The number of carbonyl (C=O) groups excluding carboxylic acids is 2. The highest BCUT2D eigenvalue weighted by Gasteiger charge is 2.34. The molecule has 30 heavy (non-hydrogen) atoms. The van der Waals surface area contributed by atoms with E-state index in [2.05, 4.69) is 15.6 Å². The molecule has 2 rings (SSSR count). The lowest BCUT2D eigenvalue weighted by Gasteiger charge is -2.36. The maximum atomic E-state index is 12.8. The molecule has 0 spiro atoms. The first-order valence-corrected chi connectivity index (χ1v) is 9.91. The van der Waals surface area contributed by atoms with Crippen LogP contribution in [0, 0.1) is 5.41 Å². The first-order chi connectivity index (χ1) is 13.8. The molecule has 0 radical (unpaired) electrons. The molecule has 0 unspecified atom stereocenters. The Morgan fingerprint density at radius 3 is 2.27 bits per heavy atom. The van der Waals surface area contributed by atoms with E-state index in [1.807, 2.05) is 25.7 Å². The van der Waals surface area contributed by atoms with Crippen LogP contribution in [0.4, 0.5) is 19.0 Å². The number of hydrogen-bond donors (Lipinski definition) is 2. The molecule has 11 heteroatoms. The van der Waals surface area contributed by atoms with Crippen LogP contribution >= 0.6 is 11.6 Å². The van der Waals surface area contributed by atoms with Crippen molar-refractivity contribution >= 4 is 29.2 Å². The van der Waals surface area contributed by atoms with E-state index in [0.29, 0.717) is 32.0 Å². The minimum Gasteiger partial charge on any atom is -0.357 e. The summed E-state index contributed by atoms with van der Waals surface area (Å²) in [6.07, 6.45) is -3.73. The van der Waals surface area contributed by atoms with E-state index in [4.69, 9.17) is 11.6 Å². The van der Waals surface area contributed by atoms with Crippen molar-refractivity contribution in [3.8, 4) is 0 Å². The topological polar surface area (TPSA) is 77.6 Å². The molecule has 1 aromatic rings. The average molecular weight is 450 g/mol. The van der Waals surface area contributed by atoms with E-state index in [0.717, 1.165) is 12.3 Å². The van der Waals surface area contributed by atoms with Gasteiger partial charge < -0.3 is 15.5 Å². The highest BCUT2D eigenvalue weighted by Crippen LogP contribution is 2.33. The van der Waals surface area contributed by atoms with Gasteiger partial charge in [0.05, 0.1) is 17.1 Å². The smallest absolute Gasteiger partial charge is 0.357 e. The third kappa shape index (κ3) is 6.21. The molecular weight excluding hydrogens is 423 g/mol. The monoisotopic (exact) mass is 449 g/mol. The molecule has 0 bridgehead atoms. The first-order valence-electron chi connectivity index (χ1n) is 9.54. The minimum atomic E-state index is -4.50. The molecule has 1 aromatic heterocycles. The highest BCUT2D eigenvalue weighted by molar-refractivity contribution is 6.33. The standard InChI is InChI=1S/C19H27ClF3N5O2/c1-18(2,3)15(17(30)24-4)26-14(29)11-27-5-7-28(8-6-27)16-13(20)9-12(10-25-16)19(21,22)23/h9-10,15H,5-8,11H2,1-4H3,(H,24,30)(H,26,29)/t15-/m1/s1. The number of rotatable bonds is 5. The summed E-state index contributed by atoms with van der Waals surface area (Å²) in [5.41, 5.74) is -1.34. The highest BCUT2D eigenvalue weighted by atomic mass is 35.5. The molecule has 2 N–H and O–H groups in total. The maximum absolute atomic E-state index is 12.8. The Labute approximate surface area is 178 Å². The van der Waals surface area contributed by atoms with Gasteiger partial charge in [0.25, 0.3) is 0 Å². The molecule has 0 aromatic carbocycles. The Kier molecular flexibility index (Phi) is 7.57. The van der Waals surface area contributed by atoms with Gasteiger partial charge in [-0.15, -0.1) is 0 Å². The van der Waals surface area contributed by atoms with Crippen molar-refractivity contribution in [2.24, 2.45) is 5.41 Å². The van der Waals surface area contributed by atoms with Gasteiger partial charge in [0, 0.05) is 39.4 Å². The quantitative estimate of drug-likeness (QED) is 0.720. The van der Waals surface area contributed by atoms with Gasteiger partial charge in [-0.05, 0) is 11.5 Å². The molecule has 1 aliphatic rings. The van der Waals surface area contributed by atoms with Crippen molar-refractivity contribution in [2.45, 2.75) is 33.0 Å². The van der Waals surface area contributed by atoms with Crippen molar-refractivity contribution in [3.63, 3.8) is 0 Å². The molecule has 2 heterocycles. The van der Waals surface area contributed by atoms with Crippen LogP contribution in [0.25, 0.3) is 0 Å². The lowest BCUT2D eigenvalue weighted by Crippen LogP contribution is -2.56. The Balaban J connectivity index is 1.93. The molecule has 1 fully saturated rings.